The van der Waals surface area contributed by atoms with Crippen LogP contribution in [0.25, 0.3) is 0 Å². The molecule has 0 spiro atoms. The summed E-state index contributed by atoms with van der Waals surface area (Å²) >= 11 is 0. The molecule has 7 heteroatoms. The molecule has 0 atom stereocenters. The molecule has 0 bridgehead atoms. The standard InChI is InChI=1S/C22H24N4O3/c1-15-19(22(28)25-9-2-3-10-25)24-20(29-15)17-7-11-26(12-8-17)21(27)18-6-4-5-16(13-18)14-23/h4-6,13,17H,2-3,7-12H2,1H3. The maximum atomic E-state index is 12.7. The molecule has 29 heavy (non-hydrogen) atoms. The van der Waals surface area contributed by atoms with E-state index in [1.165, 1.54) is 0 Å². The minimum atomic E-state index is -0.0611. The molecule has 2 aromatic rings. The quantitative estimate of drug-likeness (QED) is 0.800. The summed E-state index contributed by atoms with van der Waals surface area (Å²) in [6, 6.07) is 8.85. The zero-order chi connectivity index (χ0) is 20.4. The average molecular weight is 392 g/mol. The van der Waals surface area contributed by atoms with Crippen LogP contribution in [0.5, 0.6) is 0 Å². The number of hydrogen-bond donors (Lipinski definition) is 0. The molecule has 0 N–H and O–H groups in total. The number of nitrogens with zero attached hydrogens (tertiary/aromatic N) is 4. The van der Waals surface area contributed by atoms with E-state index < -0.39 is 0 Å². The van der Waals surface area contributed by atoms with Crippen molar-refractivity contribution in [2.75, 3.05) is 26.2 Å². The van der Waals surface area contributed by atoms with E-state index in [0.717, 1.165) is 38.8 Å². The molecular formula is C22H24N4O3. The lowest BCUT2D eigenvalue weighted by atomic mass is 9.96. The lowest BCUT2D eigenvalue weighted by molar-refractivity contribution is 0.0705. The maximum Gasteiger partial charge on any atom is 0.276 e. The molecule has 3 heterocycles. The van der Waals surface area contributed by atoms with Gasteiger partial charge in [0, 0.05) is 37.7 Å². The van der Waals surface area contributed by atoms with Gasteiger partial charge in [-0.1, -0.05) is 6.07 Å². The molecule has 0 aliphatic carbocycles. The van der Waals surface area contributed by atoms with E-state index in [2.05, 4.69) is 11.1 Å². The van der Waals surface area contributed by atoms with Crippen molar-refractivity contribution >= 4 is 11.8 Å². The van der Waals surface area contributed by atoms with E-state index in [1.807, 2.05) is 4.90 Å². The molecule has 4 rings (SSSR count). The van der Waals surface area contributed by atoms with Crippen molar-refractivity contribution in [3.8, 4) is 6.07 Å². The molecular weight excluding hydrogens is 368 g/mol. The van der Waals surface area contributed by atoms with Crippen LogP contribution in [-0.4, -0.2) is 52.8 Å². The molecule has 2 fully saturated rings. The number of carbonyl (C=O) groups is 2. The monoisotopic (exact) mass is 392 g/mol. The predicted molar refractivity (Wildman–Crippen MR) is 105 cm³/mol. The average Bonchev–Trinajstić information content (AvgIpc) is 3.43. The Morgan fingerprint density at radius 1 is 1.10 bits per heavy atom. The van der Waals surface area contributed by atoms with Gasteiger partial charge in [-0.3, -0.25) is 9.59 Å². The van der Waals surface area contributed by atoms with E-state index in [-0.39, 0.29) is 17.7 Å². The third-order valence-electron chi connectivity index (χ3n) is 5.78. The number of aromatic nitrogens is 1. The van der Waals surface area contributed by atoms with Gasteiger partial charge in [0.05, 0.1) is 11.6 Å². The highest BCUT2D eigenvalue weighted by Gasteiger charge is 2.30. The smallest absolute Gasteiger partial charge is 0.276 e. The fraction of sp³-hybridized carbons (Fsp3) is 0.455. The number of nitriles is 1. The van der Waals surface area contributed by atoms with Crippen molar-refractivity contribution in [2.24, 2.45) is 0 Å². The highest BCUT2D eigenvalue weighted by atomic mass is 16.4. The summed E-state index contributed by atoms with van der Waals surface area (Å²) in [5.74, 6) is 1.17. The lowest BCUT2D eigenvalue weighted by Crippen LogP contribution is -2.38. The van der Waals surface area contributed by atoms with Gasteiger partial charge in [0.25, 0.3) is 11.8 Å². The van der Waals surface area contributed by atoms with Gasteiger partial charge < -0.3 is 14.2 Å². The number of oxazole rings is 1. The van der Waals surface area contributed by atoms with Gasteiger partial charge in [-0.05, 0) is 50.8 Å². The fourth-order valence-electron chi connectivity index (χ4n) is 4.09. The first-order chi connectivity index (χ1) is 14.1. The van der Waals surface area contributed by atoms with Gasteiger partial charge in [-0.25, -0.2) is 4.98 Å². The molecule has 2 amide bonds. The van der Waals surface area contributed by atoms with E-state index >= 15 is 0 Å². The summed E-state index contributed by atoms with van der Waals surface area (Å²) in [4.78, 5) is 33.5. The summed E-state index contributed by atoms with van der Waals surface area (Å²) in [6.07, 6.45) is 3.56. The van der Waals surface area contributed by atoms with E-state index in [0.29, 0.717) is 41.6 Å². The zero-order valence-corrected chi connectivity index (χ0v) is 16.6. The molecule has 1 aromatic heterocycles. The molecule has 0 unspecified atom stereocenters. The molecule has 2 aliphatic rings. The number of benzene rings is 1. The molecule has 150 valence electrons. The van der Waals surface area contributed by atoms with Crippen LogP contribution in [0, 0.1) is 18.3 Å². The second-order valence-electron chi connectivity index (χ2n) is 7.72. The third-order valence-corrected chi connectivity index (χ3v) is 5.78. The van der Waals surface area contributed by atoms with E-state index in [1.54, 1.807) is 36.1 Å². The van der Waals surface area contributed by atoms with Gasteiger partial charge in [-0.2, -0.15) is 5.26 Å². The Balaban J connectivity index is 1.41. The van der Waals surface area contributed by atoms with Crippen LogP contribution in [0.4, 0.5) is 0 Å². The Hall–Kier alpha value is -3.14. The van der Waals surface area contributed by atoms with Crippen molar-refractivity contribution < 1.29 is 14.0 Å². The molecule has 0 radical (unpaired) electrons. The van der Waals surface area contributed by atoms with Crippen molar-refractivity contribution in [3.63, 3.8) is 0 Å². The van der Waals surface area contributed by atoms with Crippen molar-refractivity contribution in [3.05, 3.63) is 52.7 Å². The Labute approximate surface area is 169 Å². The van der Waals surface area contributed by atoms with Crippen molar-refractivity contribution in [1.29, 1.82) is 5.26 Å². The number of likely N-dealkylation sites (tertiary alicyclic amines) is 2. The van der Waals surface area contributed by atoms with Crippen LogP contribution in [0.1, 0.15) is 69.7 Å². The normalized spacial score (nSPS) is 17.4. The predicted octanol–water partition coefficient (Wildman–Crippen LogP) is 3.11. The van der Waals surface area contributed by atoms with Gasteiger partial charge in [0.15, 0.2) is 11.6 Å². The van der Waals surface area contributed by atoms with Crippen LogP contribution in [0.2, 0.25) is 0 Å². The first kappa shape index (κ1) is 19.2. The molecule has 0 saturated carbocycles. The highest BCUT2D eigenvalue weighted by molar-refractivity contribution is 5.94. The number of carbonyl (C=O) groups excluding carboxylic acids is 2. The van der Waals surface area contributed by atoms with Crippen LogP contribution in [0.15, 0.2) is 28.7 Å². The van der Waals surface area contributed by atoms with Gasteiger partial charge >= 0.3 is 0 Å². The lowest BCUT2D eigenvalue weighted by Gasteiger charge is -2.30. The van der Waals surface area contributed by atoms with Crippen molar-refractivity contribution in [1.82, 2.24) is 14.8 Å². The number of amides is 2. The number of rotatable bonds is 3. The number of hydrogen-bond acceptors (Lipinski definition) is 5. The number of aryl methyl sites for hydroxylation is 1. The SMILES string of the molecule is Cc1oc(C2CCN(C(=O)c3cccc(C#N)c3)CC2)nc1C(=O)N1CCCC1. The molecule has 7 nitrogen and oxygen atoms in total. The molecule has 1 aromatic carbocycles. The highest BCUT2D eigenvalue weighted by Crippen LogP contribution is 2.30. The summed E-state index contributed by atoms with van der Waals surface area (Å²) in [7, 11) is 0. The zero-order valence-electron chi connectivity index (χ0n) is 16.6. The van der Waals surface area contributed by atoms with Crippen LogP contribution in [-0.2, 0) is 0 Å². The van der Waals surface area contributed by atoms with Crippen LogP contribution >= 0.6 is 0 Å². The Morgan fingerprint density at radius 2 is 1.79 bits per heavy atom. The van der Waals surface area contributed by atoms with Crippen LogP contribution in [0.3, 0.4) is 0 Å². The third kappa shape index (κ3) is 3.88. The topological polar surface area (TPSA) is 90.4 Å². The van der Waals surface area contributed by atoms with Gasteiger partial charge in [0.1, 0.15) is 5.76 Å². The second kappa shape index (κ2) is 8.08. The van der Waals surface area contributed by atoms with Crippen LogP contribution < -0.4 is 0 Å². The van der Waals surface area contributed by atoms with Gasteiger partial charge in [-0.15, -0.1) is 0 Å². The Bertz CT molecular complexity index is 961. The summed E-state index contributed by atoms with van der Waals surface area (Å²) < 4.78 is 5.85. The summed E-state index contributed by atoms with van der Waals surface area (Å²) in [6.45, 7) is 4.55. The fourth-order valence-corrected chi connectivity index (χ4v) is 4.09. The Kier molecular flexibility index (Phi) is 5.34. The molecule has 2 saturated heterocycles. The minimum Gasteiger partial charge on any atom is -0.445 e. The Morgan fingerprint density at radius 3 is 2.48 bits per heavy atom. The molecule has 2 aliphatic heterocycles. The summed E-state index contributed by atoms with van der Waals surface area (Å²) in [5, 5.41) is 9.03. The van der Waals surface area contributed by atoms with Crippen molar-refractivity contribution in [2.45, 2.75) is 38.5 Å². The largest absolute Gasteiger partial charge is 0.445 e. The minimum absolute atomic E-state index is 0.0417. The van der Waals surface area contributed by atoms with Gasteiger partial charge in [0.2, 0.25) is 0 Å². The summed E-state index contributed by atoms with van der Waals surface area (Å²) in [5.41, 5.74) is 1.44. The van der Waals surface area contributed by atoms with E-state index in [4.69, 9.17) is 9.68 Å². The first-order valence-corrected chi connectivity index (χ1v) is 10.1. The van der Waals surface area contributed by atoms with E-state index in [9.17, 15) is 9.59 Å². The second-order valence-corrected chi connectivity index (χ2v) is 7.72. The number of piperidine rings is 1. The first-order valence-electron chi connectivity index (χ1n) is 10.1. The maximum absolute atomic E-state index is 12.7.